The second-order valence-electron chi connectivity index (χ2n) is 6.56. The van der Waals surface area contributed by atoms with Crippen molar-refractivity contribution in [2.24, 2.45) is 0 Å². The zero-order valence-corrected chi connectivity index (χ0v) is 13.8. The van der Waals surface area contributed by atoms with Crippen molar-refractivity contribution >= 4 is 0 Å². The second-order valence-corrected chi connectivity index (χ2v) is 6.56. The Morgan fingerprint density at radius 1 is 1.18 bits per heavy atom. The molecular formula is C17H25NO4. The number of aliphatic hydroxyl groups excluding tert-OH is 1. The largest absolute Gasteiger partial charge is 0.493 e. The van der Waals surface area contributed by atoms with Gasteiger partial charge < -0.3 is 19.3 Å². The minimum Gasteiger partial charge on any atom is -0.493 e. The van der Waals surface area contributed by atoms with Crippen LogP contribution in [0, 0.1) is 0 Å². The zero-order chi connectivity index (χ0) is 15.9. The summed E-state index contributed by atoms with van der Waals surface area (Å²) < 4.78 is 17.1. The van der Waals surface area contributed by atoms with E-state index in [0.717, 1.165) is 18.7 Å². The molecule has 2 unspecified atom stereocenters. The SMILES string of the molecule is COc1ccc2c(c1OC)OC(C)(C)C(N1CCCC1)C2O. The van der Waals surface area contributed by atoms with Crippen molar-refractivity contribution in [3.8, 4) is 17.2 Å². The third kappa shape index (κ3) is 2.32. The first kappa shape index (κ1) is 15.4. The number of aliphatic hydroxyl groups is 1. The summed E-state index contributed by atoms with van der Waals surface area (Å²) in [5.41, 5.74) is 0.269. The van der Waals surface area contributed by atoms with Crippen molar-refractivity contribution in [2.45, 2.75) is 44.4 Å². The molecule has 1 saturated heterocycles. The molecule has 0 aromatic heterocycles. The molecule has 2 aliphatic rings. The molecule has 122 valence electrons. The Bertz CT molecular complexity index is 552. The summed E-state index contributed by atoms with van der Waals surface area (Å²) in [5.74, 6) is 1.76. The number of ether oxygens (including phenoxy) is 3. The molecular weight excluding hydrogens is 282 g/mol. The van der Waals surface area contributed by atoms with E-state index in [9.17, 15) is 5.11 Å². The van der Waals surface area contributed by atoms with Gasteiger partial charge in [-0.05, 0) is 51.9 Å². The molecule has 0 amide bonds. The minimum absolute atomic E-state index is 0.0550. The fraction of sp³-hybridized carbons (Fsp3) is 0.647. The van der Waals surface area contributed by atoms with Crippen LogP contribution in [0.2, 0.25) is 0 Å². The number of likely N-dealkylation sites (tertiary alicyclic amines) is 1. The van der Waals surface area contributed by atoms with E-state index in [2.05, 4.69) is 4.90 Å². The zero-order valence-electron chi connectivity index (χ0n) is 13.8. The molecule has 2 heterocycles. The Morgan fingerprint density at radius 3 is 2.45 bits per heavy atom. The quantitative estimate of drug-likeness (QED) is 0.929. The van der Waals surface area contributed by atoms with Gasteiger partial charge >= 0.3 is 0 Å². The van der Waals surface area contributed by atoms with Crippen LogP contribution in [0.5, 0.6) is 17.2 Å². The lowest BCUT2D eigenvalue weighted by molar-refractivity contribution is -0.0770. The topological polar surface area (TPSA) is 51.2 Å². The van der Waals surface area contributed by atoms with Gasteiger partial charge in [0.2, 0.25) is 5.75 Å². The first-order valence-electron chi connectivity index (χ1n) is 7.85. The maximum atomic E-state index is 11.0. The molecule has 5 nitrogen and oxygen atoms in total. The Morgan fingerprint density at radius 2 is 1.86 bits per heavy atom. The lowest BCUT2D eigenvalue weighted by Crippen LogP contribution is -2.57. The molecule has 3 rings (SSSR count). The van der Waals surface area contributed by atoms with Crippen molar-refractivity contribution in [1.82, 2.24) is 4.90 Å². The molecule has 5 heteroatoms. The van der Waals surface area contributed by atoms with E-state index in [0.29, 0.717) is 17.2 Å². The molecule has 1 N–H and O–H groups in total. The van der Waals surface area contributed by atoms with Gasteiger partial charge in [-0.15, -0.1) is 0 Å². The maximum Gasteiger partial charge on any atom is 0.203 e. The molecule has 1 aromatic rings. The van der Waals surface area contributed by atoms with Crippen LogP contribution in [0.15, 0.2) is 12.1 Å². The van der Waals surface area contributed by atoms with E-state index in [1.807, 2.05) is 26.0 Å². The summed E-state index contributed by atoms with van der Waals surface area (Å²) in [7, 11) is 3.19. The highest BCUT2D eigenvalue weighted by Gasteiger charge is 2.48. The highest BCUT2D eigenvalue weighted by atomic mass is 16.5. The van der Waals surface area contributed by atoms with Crippen LogP contribution in [0.1, 0.15) is 38.4 Å². The van der Waals surface area contributed by atoms with Crippen molar-refractivity contribution < 1.29 is 19.3 Å². The fourth-order valence-corrected chi connectivity index (χ4v) is 3.78. The predicted molar refractivity (Wildman–Crippen MR) is 83.8 cm³/mol. The third-order valence-electron chi connectivity index (χ3n) is 4.76. The van der Waals surface area contributed by atoms with Gasteiger partial charge in [-0.1, -0.05) is 0 Å². The van der Waals surface area contributed by atoms with E-state index >= 15 is 0 Å². The first-order chi connectivity index (χ1) is 10.5. The van der Waals surface area contributed by atoms with Gasteiger partial charge in [-0.3, -0.25) is 4.90 Å². The molecule has 0 radical (unpaired) electrons. The van der Waals surface area contributed by atoms with Crippen molar-refractivity contribution in [1.29, 1.82) is 0 Å². The summed E-state index contributed by atoms with van der Waals surface area (Å²) in [5, 5.41) is 11.0. The molecule has 0 saturated carbocycles. The molecule has 0 bridgehead atoms. The van der Waals surface area contributed by atoms with Crippen LogP contribution in [-0.2, 0) is 0 Å². The van der Waals surface area contributed by atoms with E-state index < -0.39 is 11.7 Å². The number of nitrogens with zero attached hydrogens (tertiary/aromatic N) is 1. The van der Waals surface area contributed by atoms with E-state index in [-0.39, 0.29) is 6.04 Å². The number of benzene rings is 1. The smallest absolute Gasteiger partial charge is 0.203 e. The molecule has 0 aliphatic carbocycles. The normalized spacial score (nSPS) is 27.1. The monoisotopic (exact) mass is 307 g/mol. The predicted octanol–water partition coefficient (Wildman–Crippen LogP) is 2.37. The lowest BCUT2D eigenvalue weighted by atomic mass is 9.85. The van der Waals surface area contributed by atoms with Crippen LogP contribution in [0.25, 0.3) is 0 Å². The molecule has 2 aliphatic heterocycles. The van der Waals surface area contributed by atoms with Crippen LogP contribution in [-0.4, -0.2) is 49.0 Å². The van der Waals surface area contributed by atoms with E-state index in [1.165, 1.54) is 12.8 Å². The fourth-order valence-electron chi connectivity index (χ4n) is 3.78. The number of rotatable bonds is 3. The summed E-state index contributed by atoms with van der Waals surface area (Å²) in [6, 6.07) is 3.64. The Labute approximate surface area is 131 Å². The van der Waals surface area contributed by atoms with Crippen LogP contribution >= 0.6 is 0 Å². The van der Waals surface area contributed by atoms with Crippen molar-refractivity contribution in [2.75, 3.05) is 27.3 Å². The Kier molecular flexibility index (Phi) is 3.95. The highest BCUT2D eigenvalue weighted by molar-refractivity contribution is 5.58. The van der Waals surface area contributed by atoms with Crippen LogP contribution in [0.4, 0.5) is 0 Å². The Balaban J connectivity index is 2.06. The highest BCUT2D eigenvalue weighted by Crippen LogP contribution is 2.50. The van der Waals surface area contributed by atoms with Crippen LogP contribution < -0.4 is 14.2 Å². The maximum absolute atomic E-state index is 11.0. The molecule has 2 atom stereocenters. The number of hydrogen-bond donors (Lipinski definition) is 1. The standard InChI is InChI=1S/C17H25NO4/c1-17(2)16(18-9-5-6-10-18)13(19)11-7-8-12(20-3)15(21-4)14(11)22-17/h7-8,13,16,19H,5-6,9-10H2,1-4H3. The minimum atomic E-state index is -0.600. The van der Waals surface area contributed by atoms with Crippen molar-refractivity contribution in [3.05, 3.63) is 17.7 Å². The second kappa shape index (κ2) is 5.63. The molecule has 1 aromatic carbocycles. The summed E-state index contributed by atoms with van der Waals surface area (Å²) >= 11 is 0. The average molecular weight is 307 g/mol. The third-order valence-corrected chi connectivity index (χ3v) is 4.76. The van der Waals surface area contributed by atoms with Gasteiger partial charge in [-0.2, -0.15) is 0 Å². The summed E-state index contributed by atoms with van der Waals surface area (Å²) in [4.78, 5) is 2.34. The number of hydrogen-bond acceptors (Lipinski definition) is 5. The Hall–Kier alpha value is -1.46. The van der Waals surface area contributed by atoms with Gasteiger partial charge in [0.25, 0.3) is 0 Å². The molecule has 1 fully saturated rings. The summed E-state index contributed by atoms with van der Waals surface area (Å²) in [6.07, 6.45) is 1.76. The van der Waals surface area contributed by atoms with Gasteiger partial charge in [0.05, 0.1) is 20.3 Å². The van der Waals surface area contributed by atoms with Gasteiger partial charge in [0.1, 0.15) is 11.7 Å². The number of fused-ring (bicyclic) bond motifs is 1. The summed E-state index contributed by atoms with van der Waals surface area (Å²) in [6.45, 7) is 6.08. The average Bonchev–Trinajstić information content (AvgIpc) is 2.98. The van der Waals surface area contributed by atoms with Crippen molar-refractivity contribution in [3.63, 3.8) is 0 Å². The van der Waals surface area contributed by atoms with E-state index in [4.69, 9.17) is 14.2 Å². The number of methoxy groups -OCH3 is 2. The molecule has 0 spiro atoms. The van der Waals surface area contributed by atoms with Gasteiger partial charge in [-0.25, -0.2) is 0 Å². The molecule has 22 heavy (non-hydrogen) atoms. The van der Waals surface area contributed by atoms with Gasteiger partial charge in [0, 0.05) is 5.56 Å². The van der Waals surface area contributed by atoms with Gasteiger partial charge in [0.15, 0.2) is 11.5 Å². The van der Waals surface area contributed by atoms with Crippen LogP contribution in [0.3, 0.4) is 0 Å². The first-order valence-corrected chi connectivity index (χ1v) is 7.85. The van der Waals surface area contributed by atoms with E-state index in [1.54, 1.807) is 14.2 Å². The lowest BCUT2D eigenvalue weighted by Gasteiger charge is -2.47.